The monoisotopic (exact) mass is 462 g/mol. The molecule has 1 aliphatic rings. The van der Waals surface area contributed by atoms with Crippen LogP contribution in [0.2, 0.25) is 6.32 Å². The molecule has 0 aliphatic carbocycles. The SMILES string of the molecule is CCCCC(CCCC)CCCB[C@H]1C[C@@H](OC(C)C)[C@@H](COP(=O)(O)OC(C)C)O1. The Balaban J connectivity index is 2.46. The average Bonchev–Trinajstić information content (AvgIpc) is 3.05. The molecule has 4 atom stereocenters. The van der Waals surface area contributed by atoms with E-state index in [4.69, 9.17) is 18.5 Å². The summed E-state index contributed by atoms with van der Waals surface area (Å²) in [6.07, 6.45) is 11.7. The minimum Gasteiger partial charge on any atom is -0.378 e. The predicted molar refractivity (Wildman–Crippen MR) is 129 cm³/mol. The highest BCUT2D eigenvalue weighted by atomic mass is 31.2. The zero-order valence-electron chi connectivity index (χ0n) is 20.9. The third-order valence-corrected chi connectivity index (χ3v) is 6.95. The normalized spacial score (nSPS) is 23.7. The summed E-state index contributed by atoms with van der Waals surface area (Å²) in [5.41, 5.74) is 0. The van der Waals surface area contributed by atoms with Gasteiger partial charge in [-0.25, -0.2) is 4.57 Å². The lowest BCUT2D eigenvalue weighted by atomic mass is 9.65. The van der Waals surface area contributed by atoms with Crippen molar-refractivity contribution in [2.75, 3.05) is 6.61 Å². The Morgan fingerprint density at radius 2 is 1.65 bits per heavy atom. The largest absolute Gasteiger partial charge is 0.472 e. The van der Waals surface area contributed by atoms with Crippen molar-refractivity contribution in [2.45, 2.75) is 136 Å². The van der Waals surface area contributed by atoms with Crippen molar-refractivity contribution < 1.29 is 28.0 Å². The summed E-state index contributed by atoms with van der Waals surface area (Å²) in [4.78, 5) is 9.84. The van der Waals surface area contributed by atoms with E-state index in [9.17, 15) is 9.46 Å². The number of phosphoric ester groups is 1. The third-order valence-electron chi connectivity index (χ3n) is 5.79. The van der Waals surface area contributed by atoms with Crippen LogP contribution in [0, 0.1) is 5.92 Å². The fraction of sp³-hybridized carbons (Fsp3) is 1.00. The molecule has 184 valence electrons. The van der Waals surface area contributed by atoms with Crippen LogP contribution in [-0.2, 0) is 23.1 Å². The van der Waals surface area contributed by atoms with Gasteiger partial charge in [0, 0.05) is 6.00 Å². The van der Waals surface area contributed by atoms with E-state index in [1.54, 1.807) is 13.8 Å². The molecule has 1 unspecified atom stereocenters. The quantitative estimate of drug-likeness (QED) is 0.151. The maximum atomic E-state index is 12.0. The molecule has 1 saturated heterocycles. The number of phosphoric acid groups is 1. The number of unbranched alkanes of at least 4 members (excludes halogenated alkanes) is 2. The van der Waals surface area contributed by atoms with Crippen LogP contribution in [0.4, 0.5) is 0 Å². The van der Waals surface area contributed by atoms with Crippen molar-refractivity contribution in [3.63, 3.8) is 0 Å². The molecule has 0 aromatic heterocycles. The van der Waals surface area contributed by atoms with Gasteiger partial charge >= 0.3 is 7.82 Å². The summed E-state index contributed by atoms with van der Waals surface area (Å²) >= 11 is 0. The van der Waals surface area contributed by atoms with Crippen molar-refractivity contribution in [1.82, 2.24) is 0 Å². The van der Waals surface area contributed by atoms with Crippen molar-refractivity contribution >= 4 is 15.1 Å². The van der Waals surface area contributed by atoms with Gasteiger partial charge in [0.25, 0.3) is 0 Å². The standard InChI is InChI=1S/C23H48BO6P/c1-7-9-12-20(13-10-8-2)14-11-15-24-23-16-21(28-18(3)4)22(29-23)17-27-31(25,26)30-19(5)6/h18-24H,7-17H2,1-6H3,(H,25,26)/t21-,22-,23-/m1/s1. The molecule has 0 aromatic rings. The van der Waals surface area contributed by atoms with Crippen LogP contribution in [0.5, 0.6) is 0 Å². The van der Waals surface area contributed by atoms with Gasteiger partial charge in [0.05, 0.1) is 24.9 Å². The van der Waals surface area contributed by atoms with E-state index in [2.05, 4.69) is 13.8 Å². The van der Waals surface area contributed by atoms with Gasteiger partial charge in [-0.05, 0) is 40.0 Å². The molecular formula is C23H48BO6P. The molecule has 1 fully saturated rings. The van der Waals surface area contributed by atoms with Crippen molar-refractivity contribution in [2.24, 2.45) is 5.92 Å². The smallest absolute Gasteiger partial charge is 0.378 e. The first-order chi connectivity index (χ1) is 14.7. The zero-order chi connectivity index (χ0) is 23.3. The first-order valence-corrected chi connectivity index (χ1v) is 14.1. The van der Waals surface area contributed by atoms with Crippen LogP contribution in [0.25, 0.3) is 0 Å². The molecule has 1 N–H and O–H groups in total. The first-order valence-electron chi connectivity index (χ1n) is 12.6. The molecule has 1 rings (SSSR count). The summed E-state index contributed by atoms with van der Waals surface area (Å²) in [7, 11) is -3.07. The molecule has 1 heterocycles. The summed E-state index contributed by atoms with van der Waals surface area (Å²) < 4.78 is 34.4. The minimum atomic E-state index is -4.07. The fourth-order valence-corrected chi connectivity index (χ4v) is 5.24. The van der Waals surface area contributed by atoms with Crippen molar-refractivity contribution in [1.29, 1.82) is 0 Å². The third kappa shape index (κ3) is 13.4. The molecule has 0 spiro atoms. The van der Waals surface area contributed by atoms with Crippen LogP contribution in [-0.4, -0.2) is 49.2 Å². The van der Waals surface area contributed by atoms with Crippen LogP contribution in [0.1, 0.15) is 99.3 Å². The number of hydrogen-bond donors (Lipinski definition) is 1. The highest BCUT2D eigenvalue weighted by Crippen LogP contribution is 2.45. The Bertz CT molecular complexity index is 496. The molecule has 1 aliphatic heterocycles. The Hall–Kier alpha value is 0.0949. The maximum Gasteiger partial charge on any atom is 0.472 e. The van der Waals surface area contributed by atoms with E-state index in [1.807, 2.05) is 13.8 Å². The van der Waals surface area contributed by atoms with Gasteiger partial charge in [0.15, 0.2) is 7.28 Å². The van der Waals surface area contributed by atoms with E-state index in [1.165, 1.54) is 51.4 Å². The van der Waals surface area contributed by atoms with Gasteiger partial charge in [0.2, 0.25) is 0 Å². The molecule has 31 heavy (non-hydrogen) atoms. The molecular weight excluding hydrogens is 414 g/mol. The van der Waals surface area contributed by atoms with Crippen LogP contribution >= 0.6 is 7.82 Å². The van der Waals surface area contributed by atoms with Gasteiger partial charge < -0.3 is 14.4 Å². The van der Waals surface area contributed by atoms with E-state index < -0.39 is 7.82 Å². The number of hydrogen-bond acceptors (Lipinski definition) is 5. The fourth-order valence-electron chi connectivity index (χ4n) is 4.31. The molecule has 0 bridgehead atoms. The Morgan fingerprint density at radius 1 is 1.03 bits per heavy atom. The highest BCUT2D eigenvalue weighted by Gasteiger charge is 2.38. The van der Waals surface area contributed by atoms with Crippen LogP contribution < -0.4 is 0 Å². The summed E-state index contributed by atoms with van der Waals surface area (Å²) in [5, 5.41) is 0. The number of rotatable bonds is 18. The molecule has 0 radical (unpaired) electrons. The van der Waals surface area contributed by atoms with Gasteiger partial charge in [-0.2, -0.15) is 0 Å². The van der Waals surface area contributed by atoms with Gasteiger partial charge in [-0.1, -0.05) is 71.5 Å². The predicted octanol–water partition coefficient (Wildman–Crippen LogP) is 6.07. The molecule has 0 saturated carbocycles. The highest BCUT2D eigenvalue weighted by molar-refractivity contribution is 7.47. The first kappa shape index (κ1) is 29.1. The molecule has 8 heteroatoms. The lowest BCUT2D eigenvalue weighted by molar-refractivity contribution is -0.0590. The van der Waals surface area contributed by atoms with Crippen molar-refractivity contribution in [3.05, 3.63) is 0 Å². The lowest BCUT2D eigenvalue weighted by Gasteiger charge is -2.22. The molecule has 6 nitrogen and oxygen atoms in total. The second-order valence-corrected chi connectivity index (χ2v) is 11.0. The lowest BCUT2D eigenvalue weighted by Crippen LogP contribution is -2.31. The second-order valence-electron chi connectivity index (χ2n) is 9.61. The van der Waals surface area contributed by atoms with Crippen LogP contribution in [0.15, 0.2) is 0 Å². The molecule has 0 aromatic carbocycles. The zero-order valence-corrected chi connectivity index (χ0v) is 21.8. The van der Waals surface area contributed by atoms with Crippen molar-refractivity contribution in [3.8, 4) is 0 Å². The van der Waals surface area contributed by atoms with E-state index in [-0.39, 0.29) is 37.0 Å². The summed E-state index contributed by atoms with van der Waals surface area (Å²) in [6.45, 7) is 11.9. The maximum absolute atomic E-state index is 12.0. The second kappa shape index (κ2) is 15.8. The topological polar surface area (TPSA) is 74.2 Å². The van der Waals surface area contributed by atoms with E-state index in [0.717, 1.165) is 25.9 Å². The Morgan fingerprint density at radius 3 is 2.19 bits per heavy atom. The van der Waals surface area contributed by atoms with Crippen LogP contribution in [0.3, 0.4) is 0 Å². The van der Waals surface area contributed by atoms with Gasteiger partial charge in [-0.3, -0.25) is 9.05 Å². The molecule has 0 amide bonds. The number of ether oxygens (including phenoxy) is 2. The van der Waals surface area contributed by atoms with E-state index in [0.29, 0.717) is 0 Å². The summed E-state index contributed by atoms with van der Waals surface area (Å²) in [6, 6.07) is 0.117. The average molecular weight is 462 g/mol. The van der Waals surface area contributed by atoms with Gasteiger partial charge in [0.1, 0.15) is 6.10 Å². The Labute approximate surface area is 192 Å². The summed E-state index contributed by atoms with van der Waals surface area (Å²) in [5.74, 6) is 0.863. The van der Waals surface area contributed by atoms with Gasteiger partial charge in [-0.15, -0.1) is 0 Å². The minimum absolute atomic E-state index is 0.00446. The Kier molecular flexibility index (Phi) is 14.9. The van der Waals surface area contributed by atoms with E-state index >= 15 is 0 Å².